The quantitative estimate of drug-likeness (QED) is 0.125. The van der Waals surface area contributed by atoms with E-state index in [9.17, 15) is 0 Å². The topological polar surface area (TPSA) is 32.4 Å². The van der Waals surface area contributed by atoms with E-state index in [1.54, 1.807) is 48.5 Å². The van der Waals surface area contributed by atoms with Gasteiger partial charge in [0, 0.05) is 0 Å². The number of thioether (sulfide) groups is 1. The van der Waals surface area contributed by atoms with Gasteiger partial charge in [-0.3, -0.25) is 0 Å². The summed E-state index contributed by atoms with van der Waals surface area (Å²) in [4.78, 5) is 18.1. The average Bonchev–Trinajstić information content (AvgIpc) is 1.86. The third kappa shape index (κ3) is 6.81. The van der Waals surface area contributed by atoms with Crippen molar-refractivity contribution in [3.8, 4) is 0 Å². The summed E-state index contributed by atoms with van der Waals surface area (Å²) in [5, 5.41) is 0. The molecular formula is C63H46N10Pt2S-4. The van der Waals surface area contributed by atoms with E-state index in [4.69, 9.17) is 16.4 Å². The second-order valence-corrected chi connectivity index (χ2v) is 24.0. The number of fused-ring (bicyclic) bond motifs is 24. The first-order valence-corrected chi connectivity index (χ1v) is 29.7. The molecular weight excluding hydrogens is 1320 g/mol. The summed E-state index contributed by atoms with van der Waals surface area (Å²) in [7, 11) is 0. The second-order valence-electron chi connectivity index (χ2n) is 18.0. The van der Waals surface area contributed by atoms with Crippen molar-refractivity contribution < 1.29 is 51.7 Å². The van der Waals surface area contributed by atoms with Crippen LogP contribution in [0.3, 0.4) is 0 Å². The minimum atomic E-state index is -2.67. The Morgan fingerprint density at radius 3 is 0.908 bits per heavy atom. The second kappa shape index (κ2) is 17.6. The molecule has 0 fully saturated rings. The van der Waals surface area contributed by atoms with Gasteiger partial charge in [-0.25, -0.2) is 0 Å². The van der Waals surface area contributed by atoms with E-state index >= 15 is 0 Å². The summed E-state index contributed by atoms with van der Waals surface area (Å²) in [5.41, 5.74) is 10.3. The summed E-state index contributed by atoms with van der Waals surface area (Å²) in [6.45, 7) is -10.7. The first kappa shape index (κ1) is 34.7. The molecule has 13 heteroatoms. The van der Waals surface area contributed by atoms with E-state index in [1.807, 2.05) is 164 Å². The number of hydrogen-bond donors (Lipinski definition) is 0. The van der Waals surface area contributed by atoms with E-state index in [1.165, 1.54) is 31.4 Å². The van der Waals surface area contributed by atoms with Crippen molar-refractivity contribution in [1.82, 2.24) is 0 Å². The molecule has 6 aliphatic rings. The minimum absolute atomic E-state index is 0.416. The monoisotopic (exact) mass is 1380 g/mol. The number of benzene rings is 9. The fourth-order valence-electron chi connectivity index (χ4n) is 10.4. The molecule has 0 saturated heterocycles. The Labute approximate surface area is 480 Å². The van der Waals surface area contributed by atoms with Crippen LogP contribution in [0.2, 0.25) is 0 Å². The van der Waals surface area contributed by atoms with Crippen LogP contribution in [0.1, 0.15) is 16.4 Å². The Kier molecular flexibility index (Phi) is 8.05. The summed E-state index contributed by atoms with van der Waals surface area (Å²) < 4.78 is 110. The van der Waals surface area contributed by atoms with Crippen molar-refractivity contribution in [3.05, 3.63) is 212 Å². The molecule has 9 aromatic carbocycles. The molecule has 6 aliphatic heterocycles. The van der Waals surface area contributed by atoms with E-state index in [0.29, 0.717) is 113 Å². The molecule has 0 amide bonds. The number of para-hydroxylation sites is 8. The van der Waals surface area contributed by atoms with Crippen LogP contribution in [0.15, 0.2) is 193 Å². The molecule has 8 bridgehead atoms. The Hall–Kier alpha value is -7.81. The Morgan fingerprint density at radius 2 is 0.605 bits per heavy atom. The molecule has 0 atom stereocenters. The van der Waals surface area contributed by atoms with E-state index in [0.717, 1.165) is 10.6 Å². The number of anilines is 18. The summed E-state index contributed by atoms with van der Waals surface area (Å²) >= 11 is -1.87. The van der Waals surface area contributed by atoms with Crippen molar-refractivity contribution in [2.45, 2.75) is 4.90 Å². The summed E-state index contributed by atoms with van der Waals surface area (Å²) in [6, 6.07) is 73.3. The maximum atomic E-state index is 9.05. The van der Waals surface area contributed by atoms with Crippen molar-refractivity contribution in [2.75, 3.05) is 83.2 Å². The van der Waals surface area contributed by atoms with Crippen molar-refractivity contribution in [1.29, 1.82) is 0 Å². The molecule has 0 spiro atoms. The van der Waals surface area contributed by atoms with Crippen molar-refractivity contribution >= 4 is 131 Å². The van der Waals surface area contributed by atoms with Crippen LogP contribution in [0.5, 0.6) is 0 Å². The normalized spacial score (nSPS) is 19.0. The van der Waals surface area contributed by atoms with Crippen LogP contribution in [0.25, 0.3) is 0 Å². The maximum absolute atomic E-state index is 9.05. The Balaban J connectivity index is 0.951. The molecule has 6 heterocycles. The zero-order valence-corrected chi connectivity index (χ0v) is 45.3. The predicted octanol–water partition coefficient (Wildman–Crippen LogP) is 13.4. The van der Waals surface area contributed by atoms with Gasteiger partial charge in [0.1, 0.15) is 0 Å². The van der Waals surface area contributed by atoms with E-state index in [-0.39, 0.29) is 0 Å². The van der Waals surface area contributed by atoms with Gasteiger partial charge in [-0.15, -0.1) is 0 Å². The average molecular weight is 1380 g/mol. The predicted molar refractivity (Wildman–Crippen MR) is 311 cm³/mol. The van der Waals surface area contributed by atoms with Crippen LogP contribution >= 0.6 is 11.8 Å². The first-order chi connectivity index (χ1) is 42.2. The van der Waals surface area contributed by atoms with E-state index < -0.39 is 63.2 Å². The van der Waals surface area contributed by atoms with Crippen LogP contribution in [-0.2, 0) is 35.3 Å². The summed E-state index contributed by atoms with van der Waals surface area (Å²) in [5.74, 6) is 0. The van der Waals surface area contributed by atoms with Crippen LogP contribution in [0, 0.1) is 24.3 Å². The number of hydrogen-bond acceptors (Lipinski definition) is 11. The summed E-state index contributed by atoms with van der Waals surface area (Å²) in [6.07, 6.45) is 2.00. The van der Waals surface area contributed by atoms with Crippen LogP contribution in [-0.4, -0.2) is 50.7 Å². The Morgan fingerprint density at radius 1 is 0.316 bits per heavy atom. The van der Waals surface area contributed by atoms with Gasteiger partial charge < -0.3 is 0 Å². The first-order valence-electron chi connectivity index (χ1n) is 30.0. The fourth-order valence-corrected chi connectivity index (χ4v) is 17.2. The third-order valence-electron chi connectivity index (χ3n) is 13.7. The van der Waals surface area contributed by atoms with Gasteiger partial charge in [0.25, 0.3) is 0 Å². The molecule has 15 rings (SSSR count). The van der Waals surface area contributed by atoms with Gasteiger partial charge in [-0.2, -0.15) is 0 Å². The van der Waals surface area contributed by atoms with Gasteiger partial charge in [0.2, 0.25) is 0 Å². The van der Waals surface area contributed by atoms with Crippen molar-refractivity contribution in [2.24, 2.45) is 0 Å². The number of nitrogens with zero attached hydrogens (tertiary/aromatic N) is 10. The SMILES string of the molecule is [2H]C([2H])([2H])N1[C]2=[Pt]=[C]3N(c4[c-]c(ccc4)N(c4ccc(N5c6[c-]c(ccc6)N6[C](=[Pt]=[C]7N(c8[c-]c5ccc8)c5ccccc5N7C([2H])([2H])[2H])N(C([2H])([2H])[2H])c5ccccc56)c(SC)c4)c4[c-]c(ccc4)N2c2ccccc21)c1ccccc1N3C([2H])([2H])[2H]. The fraction of sp³-hybridized carbons (Fsp3) is 0.0794. The molecule has 76 heavy (non-hydrogen) atoms. The van der Waals surface area contributed by atoms with Crippen LogP contribution < -0.4 is 49.0 Å². The van der Waals surface area contributed by atoms with Gasteiger partial charge in [-0.05, 0) is 0 Å². The van der Waals surface area contributed by atoms with Gasteiger partial charge in [0.15, 0.2) is 0 Å². The van der Waals surface area contributed by atoms with Gasteiger partial charge in [-0.1, -0.05) is 0 Å². The molecule has 378 valence electrons. The van der Waals surface area contributed by atoms with Gasteiger partial charge >= 0.3 is 483 Å². The molecule has 0 unspecified atom stereocenters. The molecule has 0 aliphatic carbocycles. The zero-order valence-electron chi connectivity index (χ0n) is 51.9. The van der Waals surface area contributed by atoms with E-state index in [2.05, 4.69) is 35.2 Å². The molecule has 0 N–H and O–H groups in total. The number of rotatable bonds is 3. The van der Waals surface area contributed by atoms with Crippen molar-refractivity contribution in [3.63, 3.8) is 0 Å². The molecule has 9 aromatic rings. The molecule has 0 radical (unpaired) electrons. The standard InChI is InChI=1S/C63H46N10S.2Pt/c1-64-41-68(58-30-10-6-26-54(58)64)45-18-14-22-49(36-45)72(50-23-15-19-46(37-50)69-42-65(2)55-27-7-11-31-59(55)69)53-34-35-62(63(40-53)74-5)73(51-24-16-20-47(38-51)70-43-66(3)56-28-8-12-32-60(56)70)52-25-17-21-48(39-52)71-44-67(4)57-29-9-13-33-61(57)71;;/h6-35,40H,1-5H3;;/q-4;;/i1D3,2D3,3D3,4D3;;. The zero-order chi connectivity index (χ0) is 60.9. The van der Waals surface area contributed by atoms with Gasteiger partial charge in [0.05, 0.1) is 0 Å². The molecule has 10 nitrogen and oxygen atoms in total. The molecule has 0 saturated carbocycles. The Bertz CT molecular complexity index is 4310. The molecule has 0 aromatic heterocycles. The third-order valence-corrected chi connectivity index (χ3v) is 20.6. The van der Waals surface area contributed by atoms with Crippen LogP contribution in [0.4, 0.5) is 102 Å².